The van der Waals surface area contributed by atoms with E-state index in [0.717, 1.165) is 24.5 Å². The standard InChI is InChI=1S/C17H24N4O3/c1-10-3-4-13(20(10)2)17-19-18-16(24-17)9-21-7-11-5-14(22)15(23)6-12(11)8-21/h3-4,11-12,14-15,22-23H,5-9H2,1-2H3/t11-,12+,14+,15-. The van der Waals surface area contributed by atoms with Crippen LogP contribution in [0.1, 0.15) is 24.4 Å². The van der Waals surface area contributed by atoms with Gasteiger partial charge >= 0.3 is 0 Å². The molecule has 130 valence electrons. The lowest BCUT2D eigenvalue weighted by Gasteiger charge is -2.32. The van der Waals surface area contributed by atoms with Gasteiger partial charge in [0.25, 0.3) is 5.89 Å². The first kappa shape index (κ1) is 15.8. The van der Waals surface area contributed by atoms with Gasteiger partial charge in [-0.2, -0.15) is 0 Å². The van der Waals surface area contributed by atoms with E-state index in [2.05, 4.69) is 15.1 Å². The molecule has 7 heteroatoms. The van der Waals surface area contributed by atoms with Crippen LogP contribution in [0.3, 0.4) is 0 Å². The van der Waals surface area contributed by atoms with E-state index >= 15 is 0 Å². The van der Waals surface area contributed by atoms with Gasteiger partial charge in [-0.25, -0.2) is 0 Å². The molecule has 0 spiro atoms. The minimum Gasteiger partial charge on any atom is -0.418 e. The zero-order valence-corrected chi connectivity index (χ0v) is 14.1. The summed E-state index contributed by atoms with van der Waals surface area (Å²) >= 11 is 0. The fourth-order valence-electron chi connectivity index (χ4n) is 4.07. The van der Waals surface area contributed by atoms with Gasteiger partial charge in [-0.3, -0.25) is 4.90 Å². The van der Waals surface area contributed by atoms with Crippen molar-refractivity contribution in [3.63, 3.8) is 0 Å². The molecule has 2 aromatic rings. The lowest BCUT2D eigenvalue weighted by Crippen LogP contribution is -2.38. The van der Waals surface area contributed by atoms with Gasteiger partial charge in [-0.15, -0.1) is 10.2 Å². The van der Waals surface area contributed by atoms with Crippen LogP contribution < -0.4 is 0 Å². The highest BCUT2D eigenvalue weighted by Crippen LogP contribution is 2.37. The number of rotatable bonds is 3. The maximum Gasteiger partial charge on any atom is 0.264 e. The summed E-state index contributed by atoms with van der Waals surface area (Å²) in [6.45, 7) is 4.48. The molecule has 1 saturated carbocycles. The molecule has 1 aliphatic heterocycles. The number of fused-ring (bicyclic) bond motifs is 1. The van der Waals surface area contributed by atoms with Gasteiger partial charge in [0.05, 0.1) is 18.8 Å². The Kier molecular flexibility index (Phi) is 3.94. The number of nitrogens with zero attached hydrogens (tertiary/aromatic N) is 4. The highest BCUT2D eigenvalue weighted by Gasteiger charge is 2.41. The fourth-order valence-corrected chi connectivity index (χ4v) is 4.07. The number of aromatic nitrogens is 3. The molecule has 24 heavy (non-hydrogen) atoms. The first-order valence-corrected chi connectivity index (χ1v) is 8.55. The molecule has 1 saturated heterocycles. The largest absolute Gasteiger partial charge is 0.418 e. The van der Waals surface area contributed by atoms with Crippen LogP contribution in [0, 0.1) is 18.8 Å². The highest BCUT2D eigenvalue weighted by molar-refractivity contribution is 5.48. The van der Waals surface area contributed by atoms with Crippen molar-refractivity contribution < 1.29 is 14.6 Å². The summed E-state index contributed by atoms with van der Waals surface area (Å²) in [5, 5.41) is 28.0. The van der Waals surface area contributed by atoms with Gasteiger partial charge in [0.15, 0.2) is 0 Å². The molecule has 0 aromatic carbocycles. The minimum absolute atomic E-state index is 0.446. The van der Waals surface area contributed by atoms with Crippen LogP contribution >= 0.6 is 0 Å². The van der Waals surface area contributed by atoms with Crippen molar-refractivity contribution in [3.8, 4) is 11.6 Å². The number of hydrogen-bond donors (Lipinski definition) is 2. The Balaban J connectivity index is 1.43. The molecule has 3 heterocycles. The van der Waals surface area contributed by atoms with Crippen molar-refractivity contribution in [1.82, 2.24) is 19.7 Å². The van der Waals surface area contributed by atoms with E-state index < -0.39 is 12.2 Å². The predicted octanol–water partition coefficient (Wildman–Crippen LogP) is 0.947. The summed E-state index contributed by atoms with van der Waals surface area (Å²) < 4.78 is 7.87. The Morgan fingerprint density at radius 2 is 1.79 bits per heavy atom. The molecule has 1 aliphatic carbocycles. The van der Waals surface area contributed by atoms with E-state index in [-0.39, 0.29) is 0 Å². The minimum atomic E-state index is -0.582. The molecule has 4 atom stereocenters. The molecule has 0 bridgehead atoms. The molecule has 7 nitrogen and oxygen atoms in total. The number of aliphatic hydroxyl groups is 2. The SMILES string of the molecule is Cc1ccc(-c2nnc(CN3C[C@H]4C[C@H](O)[C@H](O)C[C@H]4C3)o2)n1C. The van der Waals surface area contributed by atoms with Crippen LogP contribution in [0.2, 0.25) is 0 Å². The van der Waals surface area contributed by atoms with Crippen molar-refractivity contribution in [3.05, 3.63) is 23.7 Å². The summed E-state index contributed by atoms with van der Waals surface area (Å²) in [5.74, 6) is 2.05. The second-order valence-corrected chi connectivity index (χ2v) is 7.24. The van der Waals surface area contributed by atoms with Crippen LogP contribution in [-0.4, -0.2) is 55.2 Å². The van der Waals surface area contributed by atoms with E-state index in [1.54, 1.807) is 0 Å². The van der Waals surface area contributed by atoms with E-state index in [1.165, 1.54) is 0 Å². The molecule has 2 N–H and O–H groups in total. The molecule has 2 aromatic heterocycles. The van der Waals surface area contributed by atoms with Crippen molar-refractivity contribution >= 4 is 0 Å². The molecule has 4 rings (SSSR count). The zero-order valence-electron chi connectivity index (χ0n) is 14.1. The topological polar surface area (TPSA) is 87.6 Å². The van der Waals surface area contributed by atoms with Crippen LogP contribution in [0.15, 0.2) is 16.5 Å². The van der Waals surface area contributed by atoms with Gasteiger partial charge in [-0.05, 0) is 43.7 Å². The second kappa shape index (κ2) is 5.98. The van der Waals surface area contributed by atoms with Gasteiger partial charge in [0, 0.05) is 25.8 Å². The summed E-state index contributed by atoms with van der Waals surface area (Å²) in [4.78, 5) is 2.29. The maximum absolute atomic E-state index is 9.85. The third kappa shape index (κ3) is 2.76. The first-order chi connectivity index (χ1) is 11.5. The highest BCUT2D eigenvalue weighted by atomic mass is 16.4. The molecular weight excluding hydrogens is 308 g/mol. The predicted molar refractivity (Wildman–Crippen MR) is 86.9 cm³/mol. The fraction of sp³-hybridized carbons (Fsp3) is 0.647. The smallest absolute Gasteiger partial charge is 0.264 e. The Morgan fingerprint density at radius 3 is 2.38 bits per heavy atom. The zero-order chi connectivity index (χ0) is 16.8. The molecule has 0 radical (unpaired) electrons. The second-order valence-electron chi connectivity index (χ2n) is 7.24. The summed E-state index contributed by atoms with van der Waals surface area (Å²) in [7, 11) is 1.98. The van der Waals surface area contributed by atoms with Gasteiger partial charge in [0.1, 0.15) is 5.69 Å². The van der Waals surface area contributed by atoms with Gasteiger partial charge in [0.2, 0.25) is 5.89 Å². The van der Waals surface area contributed by atoms with Crippen LogP contribution in [-0.2, 0) is 13.6 Å². The quantitative estimate of drug-likeness (QED) is 0.870. The van der Waals surface area contributed by atoms with E-state index in [0.29, 0.717) is 43.0 Å². The molecule has 2 fully saturated rings. The number of hydrogen-bond acceptors (Lipinski definition) is 6. The van der Waals surface area contributed by atoms with Crippen LogP contribution in [0.4, 0.5) is 0 Å². The van der Waals surface area contributed by atoms with Gasteiger partial charge in [-0.1, -0.05) is 0 Å². The average molecular weight is 332 g/mol. The maximum atomic E-state index is 9.85. The number of aryl methyl sites for hydroxylation is 1. The Hall–Kier alpha value is -1.70. The normalized spacial score (nSPS) is 30.7. The molecular formula is C17H24N4O3. The number of aliphatic hydroxyl groups excluding tert-OH is 2. The van der Waals surface area contributed by atoms with Crippen molar-refractivity contribution in [1.29, 1.82) is 0 Å². The van der Waals surface area contributed by atoms with E-state index in [1.807, 2.05) is 30.7 Å². The average Bonchev–Trinajstić information content (AvgIpc) is 3.22. The first-order valence-electron chi connectivity index (χ1n) is 8.55. The Labute approximate surface area is 140 Å². The lowest BCUT2D eigenvalue weighted by atomic mass is 9.79. The molecule has 0 amide bonds. The lowest BCUT2D eigenvalue weighted by molar-refractivity contribution is -0.0372. The molecule has 2 aliphatic rings. The summed E-state index contributed by atoms with van der Waals surface area (Å²) in [6.07, 6.45) is 0.198. The van der Waals surface area contributed by atoms with Crippen molar-refractivity contribution in [2.24, 2.45) is 18.9 Å². The van der Waals surface area contributed by atoms with Crippen molar-refractivity contribution in [2.45, 2.75) is 38.5 Å². The summed E-state index contributed by atoms with van der Waals surface area (Å²) in [6, 6.07) is 4.01. The number of likely N-dealkylation sites (tertiary alicyclic amines) is 1. The van der Waals surface area contributed by atoms with Crippen LogP contribution in [0.5, 0.6) is 0 Å². The molecule has 0 unspecified atom stereocenters. The van der Waals surface area contributed by atoms with Crippen LogP contribution in [0.25, 0.3) is 11.6 Å². The summed E-state index contributed by atoms with van der Waals surface area (Å²) in [5.41, 5.74) is 2.07. The monoisotopic (exact) mass is 332 g/mol. The van der Waals surface area contributed by atoms with Crippen molar-refractivity contribution in [2.75, 3.05) is 13.1 Å². The third-order valence-corrected chi connectivity index (χ3v) is 5.60. The van der Waals surface area contributed by atoms with E-state index in [4.69, 9.17) is 4.42 Å². The van der Waals surface area contributed by atoms with Gasteiger partial charge < -0.3 is 19.2 Å². The Morgan fingerprint density at radius 1 is 1.12 bits per heavy atom. The van der Waals surface area contributed by atoms with E-state index in [9.17, 15) is 10.2 Å². The third-order valence-electron chi connectivity index (χ3n) is 5.60. The Bertz CT molecular complexity index is 707.